The van der Waals surface area contributed by atoms with E-state index in [2.05, 4.69) is 14.9 Å². The van der Waals surface area contributed by atoms with E-state index in [-0.39, 0.29) is 18.8 Å². The summed E-state index contributed by atoms with van der Waals surface area (Å²) < 4.78 is 5.57. The lowest BCUT2D eigenvalue weighted by molar-refractivity contribution is -0.0975. The number of hydrogen-bond acceptors (Lipinski definition) is 6. The Morgan fingerprint density at radius 1 is 1.47 bits per heavy atom. The molecular formula is C11H18N4O2. The zero-order chi connectivity index (χ0) is 12.3. The third-order valence-corrected chi connectivity index (χ3v) is 2.72. The first-order chi connectivity index (χ1) is 8.17. The summed E-state index contributed by atoms with van der Waals surface area (Å²) in [5, 5.41) is 9.13. The molecule has 1 saturated heterocycles. The molecule has 0 spiro atoms. The van der Waals surface area contributed by atoms with Crippen molar-refractivity contribution < 1.29 is 9.84 Å². The Morgan fingerprint density at radius 2 is 2.29 bits per heavy atom. The van der Waals surface area contributed by atoms with Gasteiger partial charge in [-0.3, -0.25) is 9.88 Å². The second-order valence-electron chi connectivity index (χ2n) is 4.38. The molecule has 2 unspecified atom stereocenters. The molecule has 17 heavy (non-hydrogen) atoms. The molecule has 2 atom stereocenters. The van der Waals surface area contributed by atoms with Crippen molar-refractivity contribution in [3.63, 3.8) is 0 Å². The number of morpholine rings is 1. The largest absolute Gasteiger partial charge is 0.394 e. The molecule has 1 aromatic rings. The molecule has 1 aliphatic rings. The standard InChI is InChI=1S/C11H18N4O2/c1-8-4-15(6-10(7-16)17-8)5-9-2-14-11(12)3-13-9/h2-3,8,10,16H,4-7H2,1H3,(H2,12,14). The van der Waals surface area contributed by atoms with Crippen LogP contribution in [-0.4, -0.2) is 51.9 Å². The van der Waals surface area contributed by atoms with Crippen LogP contribution in [0.3, 0.4) is 0 Å². The van der Waals surface area contributed by atoms with Crippen molar-refractivity contribution in [2.24, 2.45) is 0 Å². The van der Waals surface area contributed by atoms with E-state index >= 15 is 0 Å². The van der Waals surface area contributed by atoms with Crippen molar-refractivity contribution in [1.82, 2.24) is 14.9 Å². The third kappa shape index (κ3) is 3.36. The van der Waals surface area contributed by atoms with Gasteiger partial charge < -0.3 is 15.6 Å². The van der Waals surface area contributed by atoms with Crippen LogP contribution in [0.15, 0.2) is 12.4 Å². The molecule has 1 aromatic heterocycles. The molecule has 0 aromatic carbocycles. The van der Waals surface area contributed by atoms with E-state index < -0.39 is 0 Å². The van der Waals surface area contributed by atoms with Gasteiger partial charge in [0.2, 0.25) is 0 Å². The van der Waals surface area contributed by atoms with Gasteiger partial charge in [-0.05, 0) is 6.92 Å². The zero-order valence-electron chi connectivity index (χ0n) is 9.91. The first kappa shape index (κ1) is 12.2. The van der Waals surface area contributed by atoms with Gasteiger partial charge in [0, 0.05) is 19.6 Å². The average molecular weight is 238 g/mol. The van der Waals surface area contributed by atoms with Crippen molar-refractivity contribution in [2.45, 2.75) is 25.7 Å². The van der Waals surface area contributed by atoms with Gasteiger partial charge in [0.15, 0.2) is 0 Å². The van der Waals surface area contributed by atoms with Crippen LogP contribution in [0.1, 0.15) is 12.6 Å². The number of aliphatic hydroxyl groups is 1. The van der Waals surface area contributed by atoms with Crippen LogP contribution >= 0.6 is 0 Å². The molecular weight excluding hydrogens is 220 g/mol. The Kier molecular flexibility index (Phi) is 3.88. The van der Waals surface area contributed by atoms with Crippen LogP contribution in [0.2, 0.25) is 0 Å². The zero-order valence-corrected chi connectivity index (χ0v) is 9.91. The van der Waals surface area contributed by atoms with Gasteiger partial charge in [-0.15, -0.1) is 0 Å². The van der Waals surface area contributed by atoms with E-state index in [1.54, 1.807) is 12.4 Å². The Bertz CT molecular complexity index is 357. The van der Waals surface area contributed by atoms with Crippen LogP contribution in [0.5, 0.6) is 0 Å². The summed E-state index contributed by atoms with van der Waals surface area (Å²) in [7, 11) is 0. The number of aliphatic hydroxyl groups excluding tert-OH is 1. The fraction of sp³-hybridized carbons (Fsp3) is 0.636. The second kappa shape index (κ2) is 5.39. The molecule has 6 nitrogen and oxygen atoms in total. The van der Waals surface area contributed by atoms with Gasteiger partial charge in [-0.1, -0.05) is 0 Å². The van der Waals surface area contributed by atoms with Crippen LogP contribution in [0.4, 0.5) is 5.82 Å². The van der Waals surface area contributed by atoms with Crippen LogP contribution in [0, 0.1) is 0 Å². The van der Waals surface area contributed by atoms with Gasteiger partial charge in [-0.25, -0.2) is 4.98 Å². The Labute approximate surface area is 100 Å². The summed E-state index contributed by atoms with van der Waals surface area (Å²) in [6.45, 7) is 4.31. The van der Waals surface area contributed by atoms with Crippen LogP contribution in [0.25, 0.3) is 0 Å². The second-order valence-corrected chi connectivity index (χ2v) is 4.38. The lowest BCUT2D eigenvalue weighted by atomic mass is 10.2. The summed E-state index contributed by atoms with van der Waals surface area (Å²) in [6, 6.07) is 0. The summed E-state index contributed by atoms with van der Waals surface area (Å²) in [4.78, 5) is 10.4. The summed E-state index contributed by atoms with van der Waals surface area (Å²) >= 11 is 0. The highest BCUT2D eigenvalue weighted by molar-refractivity contribution is 5.22. The number of nitrogen functional groups attached to an aromatic ring is 1. The van der Waals surface area contributed by atoms with E-state index in [0.29, 0.717) is 18.9 Å². The quantitative estimate of drug-likeness (QED) is 0.748. The minimum Gasteiger partial charge on any atom is -0.394 e. The van der Waals surface area contributed by atoms with Gasteiger partial charge in [-0.2, -0.15) is 0 Å². The fourth-order valence-corrected chi connectivity index (χ4v) is 2.05. The molecule has 0 saturated carbocycles. The number of ether oxygens (including phenoxy) is 1. The van der Waals surface area contributed by atoms with Gasteiger partial charge in [0.1, 0.15) is 5.82 Å². The highest BCUT2D eigenvalue weighted by Crippen LogP contribution is 2.13. The van der Waals surface area contributed by atoms with Crippen molar-refractivity contribution in [2.75, 3.05) is 25.4 Å². The molecule has 6 heteroatoms. The van der Waals surface area contributed by atoms with E-state index in [9.17, 15) is 0 Å². The lowest BCUT2D eigenvalue weighted by Gasteiger charge is -2.35. The summed E-state index contributed by atoms with van der Waals surface area (Å²) in [5.41, 5.74) is 6.36. The number of anilines is 1. The van der Waals surface area contributed by atoms with Gasteiger partial charge >= 0.3 is 0 Å². The highest BCUT2D eigenvalue weighted by atomic mass is 16.5. The first-order valence-electron chi connectivity index (χ1n) is 5.72. The molecule has 0 amide bonds. The predicted molar refractivity (Wildman–Crippen MR) is 63.1 cm³/mol. The molecule has 1 fully saturated rings. The molecule has 3 N–H and O–H groups in total. The topological polar surface area (TPSA) is 84.5 Å². The molecule has 0 radical (unpaired) electrons. The fourth-order valence-electron chi connectivity index (χ4n) is 2.05. The Hall–Kier alpha value is -1.24. The molecule has 0 aliphatic carbocycles. The minimum atomic E-state index is -0.111. The smallest absolute Gasteiger partial charge is 0.141 e. The van der Waals surface area contributed by atoms with Crippen molar-refractivity contribution >= 4 is 5.82 Å². The van der Waals surface area contributed by atoms with E-state index in [1.807, 2.05) is 6.92 Å². The predicted octanol–water partition coefficient (Wildman–Crippen LogP) is -0.360. The van der Waals surface area contributed by atoms with E-state index in [0.717, 1.165) is 12.2 Å². The molecule has 1 aliphatic heterocycles. The lowest BCUT2D eigenvalue weighted by Crippen LogP contribution is -2.47. The van der Waals surface area contributed by atoms with Gasteiger partial charge in [0.05, 0.1) is 36.9 Å². The van der Waals surface area contributed by atoms with Crippen LogP contribution in [-0.2, 0) is 11.3 Å². The van der Waals surface area contributed by atoms with Crippen molar-refractivity contribution in [3.05, 3.63) is 18.1 Å². The molecule has 2 rings (SSSR count). The Balaban J connectivity index is 1.95. The summed E-state index contributed by atoms with van der Waals surface area (Å²) in [5.74, 6) is 0.428. The minimum absolute atomic E-state index is 0.0499. The summed E-state index contributed by atoms with van der Waals surface area (Å²) in [6.07, 6.45) is 3.26. The maximum atomic E-state index is 9.13. The SMILES string of the molecule is CC1CN(Cc2cnc(N)cn2)CC(CO)O1. The molecule has 2 heterocycles. The van der Waals surface area contributed by atoms with E-state index in [4.69, 9.17) is 15.6 Å². The molecule has 94 valence electrons. The van der Waals surface area contributed by atoms with Crippen molar-refractivity contribution in [3.8, 4) is 0 Å². The number of aromatic nitrogens is 2. The monoisotopic (exact) mass is 238 g/mol. The maximum absolute atomic E-state index is 9.13. The van der Waals surface area contributed by atoms with Gasteiger partial charge in [0.25, 0.3) is 0 Å². The van der Waals surface area contributed by atoms with Crippen molar-refractivity contribution in [1.29, 1.82) is 0 Å². The normalized spacial score (nSPS) is 26.0. The first-order valence-corrected chi connectivity index (χ1v) is 5.72. The average Bonchev–Trinajstić information content (AvgIpc) is 2.31. The van der Waals surface area contributed by atoms with Crippen LogP contribution < -0.4 is 5.73 Å². The number of nitrogens with zero attached hydrogens (tertiary/aromatic N) is 3. The number of hydrogen-bond donors (Lipinski definition) is 2. The number of nitrogens with two attached hydrogens (primary N) is 1. The highest BCUT2D eigenvalue weighted by Gasteiger charge is 2.24. The maximum Gasteiger partial charge on any atom is 0.141 e. The Morgan fingerprint density at radius 3 is 2.94 bits per heavy atom. The molecule has 0 bridgehead atoms. The number of rotatable bonds is 3. The third-order valence-electron chi connectivity index (χ3n) is 2.72. The van der Waals surface area contributed by atoms with E-state index in [1.165, 1.54) is 0 Å².